The van der Waals surface area contributed by atoms with Gasteiger partial charge in [-0.25, -0.2) is 4.98 Å². The van der Waals surface area contributed by atoms with Gasteiger partial charge in [0.25, 0.3) is 0 Å². The zero-order valence-electron chi connectivity index (χ0n) is 8.09. The zero-order valence-corrected chi connectivity index (χ0v) is 8.09. The van der Waals surface area contributed by atoms with Crippen LogP contribution in [0.3, 0.4) is 0 Å². The molecule has 1 unspecified atom stereocenters. The van der Waals surface area contributed by atoms with Gasteiger partial charge in [-0.05, 0) is 25.0 Å². The average molecular weight is 177 g/mol. The molecule has 0 amide bonds. The molecule has 70 valence electrons. The van der Waals surface area contributed by atoms with E-state index in [-0.39, 0.29) is 0 Å². The van der Waals surface area contributed by atoms with Crippen molar-refractivity contribution in [3.8, 4) is 0 Å². The number of nitrogens with zero attached hydrogens (tertiary/aromatic N) is 1. The van der Waals surface area contributed by atoms with Crippen molar-refractivity contribution in [3.05, 3.63) is 17.8 Å². The highest BCUT2D eigenvalue weighted by Gasteiger charge is 2.11. The van der Waals surface area contributed by atoms with Gasteiger partial charge >= 0.3 is 0 Å². The average Bonchev–Trinajstić information content (AvgIpc) is 2.29. The third kappa shape index (κ3) is 1.74. The van der Waals surface area contributed by atoms with E-state index in [1.165, 1.54) is 0 Å². The SMILES string of the molecule is Cc1ccc2c(n1)NCC(C)CN2. The summed E-state index contributed by atoms with van der Waals surface area (Å²) in [5.74, 6) is 1.64. The molecule has 0 spiro atoms. The lowest BCUT2D eigenvalue weighted by molar-refractivity contribution is 0.656. The molecule has 2 N–H and O–H groups in total. The number of hydrogen-bond acceptors (Lipinski definition) is 3. The molecule has 3 heteroatoms. The molecule has 1 aromatic rings. The number of pyridine rings is 1. The second-order valence-corrected chi connectivity index (χ2v) is 3.72. The van der Waals surface area contributed by atoms with Gasteiger partial charge in [-0.3, -0.25) is 0 Å². The first-order valence-corrected chi connectivity index (χ1v) is 4.71. The van der Waals surface area contributed by atoms with Crippen molar-refractivity contribution in [2.24, 2.45) is 5.92 Å². The molecule has 1 aliphatic heterocycles. The quantitative estimate of drug-likeness (QED) is 0.635. The summed E-state index contributed by atoms with van der Waals surface area (Å²) in [6, 6.07) is 4.12. The van der Waals surface area contributed by atoms with Crippen LogP contribution >= 0.6 is 0 Å². The van der Waals surface area contributed by atoms with E-state index in [4.69, 9.17) is 0 Å². The van der Waals surface area contributed by atoms with E-state index in [9.17, 15) is 0 Å². The lowest BCUT2D eigenvalue weighted by atomic mass is 10.2. The summed E-state index contributed by atoms with van der Waals surface area (Å²) in [4.78, 5) is 4.43. The van der Waals surface area contributed by atoms with Crippen molar-refractivity contribution < 1.29 is 0 Å². The van der Waals surface area contributed by atoms with Gasteiger partial charge in [0.2, 0.25) is 0 Å². The number of nitrogens with one attached hydrogen (secondary N) is 2. The minimum Gasteiger partial charge on any atom is -0.382 e. The summed E-state index contributed by atoms with van der Waals surface area (Å²) in [5.41, 5.74) is 2.18. The predicted molar refractivity (Wildman–Crippen MR) is 55.1 cm³/mol. The number of anilines is 2. The maximum Gasteiger partial charge on any atom is 0.149 e. The standard InChI is InChI=1S/C10H15N3/c1-7-5-11-9-4-3-8(2)13-10(9)12-6-7/h3-4,7,11H,5-6H2,1-2H3,(H,12,13). The van der Waals surface area contributed by atoms with E-state index in [0.29, 0.717) is 5.92 Å². The van der Waals surface area contributed by atoms with Crippen LogP contribution in [-0.2, 0) is 0 Å². The van der Waals surface area contributed by atoms with E-state index in [1.807, 2.05) is 13.0 Å². The lowest BCUT2D eigenvalue weighted by Crippen LogP contribution is -2.14. The van der Waals surface area contributed by atoms with Gasteiger partial charge in [0.1, 0.15) is 5.82 Å². The van der Waals surface area contributed by atoms with Gasteiger partial charge in [0.05, 0.1) is 5.69 Å². The Hall–Kier alpha value is -1.25. The van der Waals surface area contributed by atoms with E-state index < -0.39 is 0 Å². The highest BCUT2D eigenvalue weighted by Crippen LogP contribution is 2.22. The highest BCUT2D eigenvalue weighted by atomic mass is 15.1. The molecule has 1 atom stereocenters. The van der Waals surface area contributed by atoms with Crippen LogP contribution in [0.5, 0.6) is 0 Å². The largest absolute Gasteiger partial charge is 0.382 e. The molecule has 2 rings (SSSR count). The van der Waals surface area contributed by atoms with Gasteiger partial charge in [0, 0.05) is 18.8 Å². The summed E-state index contributed by atoms with van der Waals surface area (Å²) < 4.78 is 0. The van der Waals surface area contributed by atoms with Crippen molar-refractivity contribution in [2.75, 3.05) is 23.7 Å². The first-order chi connectivity index (χ1) is 6.25. The molecule has 1 aromatic heterocycles. The van der Waals surface area contributed by atoms with E-state index in [2.05, 4.69) is 28.6 Å². The third-order valence-corrected chi connectivity index (χ3v) is 2.29. The number of hydrogen-bond donors (Lipinski definition) is 2. The fourth-order valence-corrected chi connectivity index (χ4v) is 1.46. The minimum absolute atomic E-state index is 0.648. The molecule has 2 heterocycles. The summed E-state index contributed by atoms with van der Waals surface area (Å²) in [5, 5.41) is 6.72. The smallest absolute Gasteiger partial charge is 0.149 e. The topological polar surface area (TPSA) is 37.0 Å². The highest BCUT2D eigenvalue weighted by molar-refractivity contribution is 5.65. The lowest BCUT2D eigenvalue weighted by Gasteiger charge is -2.06. The predicted octanol–water partition coefficient (Wildman–Crippen LogP) is 1.86. The summed E-state index contributed by atoms with van der Waals surface area (Å²) in [7, 11) is 0. The minimum atomic E-state index is 0.648. The van der Waals surface area contributed by atoms with Crippen molar-refractivity contribution in [3.63, 3.8) is 0 Å². The van der Waals surface area contributed by atoms with Crippen molar-refractivity contribution in [2.45, 2.75) is 13.8 Å². The van der Waals surface area contributed by atoms with Gasteiger partial charge < -0.3 is 10.6 Å². The molecule has 0 bridgehead atoms. The number of aromatic nitrogens is 1. The van der Waals surface area contributed by atoms with Crippen LogP contribution in [0, 0.1) is 12.8 Å². The Morgan fingerprint density at radius 3 is 2.92 bits per heavy atom. The number of fused-ring (bicyclic) bond motifs is 1. The molecule has 0 saturated heterocycles. The molecule has 0 aliphatic carbocycles. The molecular weight excluding hydrogens is 162 g/mol. The first-order valence-electron chi connectivity index (χ1n) is 4.71. The maximum atomic E-state index is 4.43. The van der Waals surface area contributed by atoms with E-state index in [0.717, 1.165) is 30.3 Å². The van der Waals surface area contributed by atoms with Crippen molar-refractivity contribution in [1.29, 1.82) is 0 Å². The second kappa shape index (κ2) is 3.24. The zero-order chi connectivity index (χ0) is 9.26. The first kappa shape index (κ1) is 8.35. The Bertz CT molecular complexity index is 309. The van der Waals surface area contributed by atoms with Crippen LogP contribution in [-0.4, -0.2) is 18.1 Å². The monoisotopic (exact) mass is 177 g/mol. The second-order valence-electron chi connectivity index (χ2n) is 3.72. The Labute approximate surface area is 78.6 Å². The summed E-state index contributed by atoms with van der Waals surface area (Å²) >= 11 is 0. The van der Waals surface area contributed by atoms with Crippen molar-refractivity contribution in [1.82, 2.24) is 4.98 Å². The molecule has 0 aromatic carbocycles. The molecule has 1 aliphatic rings. The fourth-order valence-electron chi connectivity index (χ4n) is 1.46. The molecule has 3 nitrogen and oxygen atoms in total. The van der Waals surface area contributed by atoms with Crippen LogP contribution in [0.4, 0.5) is 11.5 Å². The van der Waals surface area contributed by atoms with Gasteiger partial charge in [-0.2, -0.15) is 0 Å². The van der Waals surface area contributed by atoms with E-state index in [1.54, 1.807) is 0 Å². The van der Waals surface area contributed by atoms with Crippen LogP contribution in [0.25, 0.3) is 0 Å². The molecule has 0 fully saturated rings. The molecular formula is C10H15N3. The number of rotatable bonds is 0. The Balaban J connectivity index is 2.30. The van der Waals surface area contributed by atoms with Gasteiger partial charge in [-0.1, -0.05) is 6.92 Å². The normalized spacial score (nSPS) is 20.9. The third-order valence-electron chi connectivity index (χ3n) is 2.29. The van der Waals surface area contributed by atoms with Crippen LogP contribution in [0.1, 0.15) is 12.6 Å². The number of aryl methyl sites for hydroxylation is 1. The maximum absolute atomic E-state index is 4.43. The van der Waals surface area contributed by atoms with Crippen molar-refractivity contribution >= 4 is 11.5 Å². The molecule has 0 saturated carbocycles. The van der Waals surface area contributed by atoms with Gasteiger partial charge in [0.15, 0.2) is 0 Å². The van der Waals surface area contributed by atoms with E-state index >= 15 is 0 Å². The van der Waals surface area contributed by atoms with Crippen LogP contribution < -0.4 is 10.6 Å². The Morgan fingerprint density at radius 1 is 1.31 bits per heavy atom. The molecule has 13 heavy (non-hydrogen) atoms. The Kier molecular flexibility index (Phi) is 2.08. The Morgan fingerprint density at radius 2 is 2.08 bits per heavy atom. The van der Waals surface area contributed by atoms with Crippen LogP contribution in [0.15, 0.2) is 12.1 Å². The fraction of sp³-hybridized carbons (Fsp3) is 0.500. The van der Waals surface area contributed by atoms with Crippen LogP contribution in [0.2, 0.25) is 0 Å². The van der Waals surface area contributed by atoms with Gasteiger partial charge in [-0.15, -0.1) is 0 Å². The molecule has 0 radical (unpaired) electrons. The summed E-state index contributed by atoms with van der Waals surface area (Å²) in [6.45, 7) is 6.25. The summed E-state index contributed by atoms with van der Waals surface area (Å²) in [6.07, 6.45) is 0.